The molecular formula is C6H15NO3S. The molecule has 11 heavy (non-hydrogen) atoms. The summed E-state index contributed by atoms with van der Waals surface area (Å²) in [5, 5.41) is 3.02. The van der Waals surface area contributed by atoms with E-state index >= 15 is 0 Å². The standard InChI is InChI=1S/C6H15NO3S/c1-7-5-3-2-4-6-10-11(8)9/h7H,2-6H2,1H3,(H,8,9). The molecule has 0 heterocycles. The van der Waals surface area contributed by atoms with Crippen LogP contribution in [0.25, 0.3) is 0 Å². The lowest BCUT2D eigenvalue weighted by molar-refractivity contribution is 0.297. The smallest absolute Gasteiger partial charge is 0.301 e. The summed E-state index contributed by atoms with van der Waals surface area (Å²) in [6, 6.07) is 0. The second kappa shape index (κ2) is 8.13. The molecule has 2 N–H and O–H groups in total. The quantitative estimate of drug-likeness (QED) is 0.444. The highest BCUT2D eigenvalue weighted by Crippen LogP contribution is 1.94. The first-order valence-corrected chi connectivity index (χ1v) is 4.69. The maximum absolute atomic E-state index is 9.96. The van der Waals surface area contributed by atoms with E-state index in [2.05, 4.69) is 9.50 Å². The molecule has 0 aromatic heterocycles. The summed E-state index contributed by atoms with van der Waals surface area (Å²) in [4.78, 5) is 0. The maximum Gasteiger partial charge on any atom is 0.301 e. The van der Waals surface area contributed by atoms with Gasteiger partial charge in [0.15, 0.2) is 0 Å². The largest absolute Gasteiger partial charge is 0.320 e. The minimum absolute atomic E-state index is 0.368. The van der Waals surface area contributed by atoms with Crippen molar-refractivity contribution >= 4 is 11.4 Å². The molecule has 0 aromatic rings. The molecule has 68 valence electrons. The Balaban J connectivity index is 2.85. The van der Waals surface area contributed by atoms with Crippen molar-refractivity contribution < 1.29 is 12.9 Å². The van der Waals surface area contributed by atoms with Crippen LogP contribution in [-0.2, 0) is 15.5 Å². The number of hydrogen-bond acceptors (Lipinski definition) is 3. The van der Waals surface area contributed by atoms with Gasteiger partial charge in [0.2, 0.25) is 0 Å². The molecule has 4 nitrogen and oxygen atoms in total. The zero-order valence-electron chi connectivity index (χ0n) is 6.71. The lowest BCUT2D eigenvalue weighted by Gasteiger charge is -1.98. The van der Waals surface area contributed by atoms with Crippen LogP contribution in [0.1, 0.15) is 19.3 Å². The summed E-state index contributed by atoms with van der Waals surface area (Å²) in [6.07, 6.45) is 2.95. The molecule has 0 aliphatic heterocycles. The van der Waals surface area contributed by atoms with Crippen LogP contribution in [0.5, 0.6) is 0 Å². The van der Waals surface area contributed by atoms with Gasteiger partial charge in [0, 0.05) is 0 Å². The molecule has 0 radical (unpaired) electrons. The zero-order chi connectivity index (χ0) is 8.53. The monoisotopic (exact) mass is 181 g/mol. The van der Waals surface area contributed by atoms with Crippen LogP contribution in [0.2, 0.25) is 0 Å². The van der Waals surface area contributed by atoms with Crippen LogP contribution in [0.3, 0.4) is 0 Å². The maximum atomic E-state index is 9.96. The summed E-state index contributed by atoms with van der Waals surface area (Å²) in [5.41, 5.74) is 0. The van der Waals surface area contributed by atoms with Gasteiger partial charge in [0.25, 0.3) is 0 Å². The third-order valence-corrected chi connectivity index (χ3v) is 1.62. The molecular weight excluding hydrogens is 166 g/mol. The average molecular weight is 181 g/mol. The van der Waals surface area contributed by atoms with Gasteiger partial charge in [-0.15, -0.1) is 0 Å². The lowest BCUT2D eigenvalue weighted by atomic mass is 10.2. The first-order chi connectivity index (χ1) is 5.27. The van der Waals surface area contributed by atoms with E-state index in [1.165, 1.54) is 0 Å². The molecule has 0 aliphatic carbocycles. The Bertz CT molecular complexity index is 110. The predicted molar refractivity (Wildman–Crippen MR) is 44.5 cm³/mol. The van der Waals surface area contributed by atoms with Crippen molar-refractivity contribution in [3.63, 3.8) is 0 Å². The van der Waals surface area contributed by atoms with E-state index < -0.39 is 11.4 Å². The van der Waals surface area contributed by atoms with E-state index in [1.54, 1.807) is 0 Å². The van der Waals surface area contributed by atoms with E-state index in [1.807, 2.05) is 7.05 Å². The van der Waals surface area contributed by atoms with Crippen LogP contribution >= 0.6 is 0 Å². The van der Waals surface area contributed by atoms with Gasteiger partial charge in [0.05, 0.1) is 6.61 Å². The second-order valence-electron chi connectivity index (χ2n) is 2.20. The van der Waals surface area contributed by atoms with Gasteiger partial charge in [-0.3, -0.25) is 8.74 Å². The van der Waals surface area contributed by atoms with Gasteiger partial charge < -0.3 is 5.32 Å². The van der Waals surface area contributed by atoms with Crippen molar-refractivity contribution in [2.45, 2.75) is 19.3 Å². The van der Waals surface area contributed by atoms with E-state index in [0.717, 1.165) is 25.8 Å². The number of rotatable bonds is 7. The fourth-order valence-electron chi connectivity index (χ4n) is 0.711. The molecule has 1 atom stereocenters. The van der Waals surface area contributed by atoms with Gasteiger partial charge in [-0.05, 0) is 32.9 Å². The molecule has 0 fully saturated rings. The Kier molecular flexibility index (Phi) is 8.15. The van der Waals surface area contributed by atoms with Crippen LogP contribution in [0, 0.1) is 0 Å². The molecule has 0 aliphatic rings. The van der Waals surface area contributed by atoms with Crippen molar-refractivity contribution in [2.75, 3.05) is 20.2 Å². The van der Waals surface area contributed by atoms with E-state index in [9.17, 15) is 4.21 Å². The molecule has 5 heteroatoms. The van der Waals surface area contributed by atoms with E-state index in [4.69, 9.17) is 4.55 Å². The van der Waals surface area contributed by atoms with Crippen molar-refractivity contribution in [3.05, 3.63) is 0 Å². The van der Waals surface area contributed by atoms with Crippen molar-refractivity contribution in [1.29, 1.82) is 0 Å². The molecule has 0 bridgehead atoms. The Morgan fingerprint density at radius 1 is 1.45 bits per heavy atom. The summed E-state index contributed by atoms with van der Waals surface area (Å²) in [5.74, 6) is 0. The highest BCUT2D eigenvalue weighted by molar-refractivity contribution is 7.74. The molecule has 0 saturated heterocycles. The van der Waals surface area contributed by atoms with Crippen molar-refractivity contribution in [3.8, 4) is 0 Å². The zero-order valence-corrected chi connectivity index (χ0v) is 7.52. The van der Waals surface area contributed by atoms with Crippen molar-refractivity contribution in [2.24, 2.45) is 0 Å². The van der Waals surface area contributed by atoms with Crippen molar-refractivity contribution in [1.82, 2.24) is 5.32 Å². The van der Waals surface area contributed by atoms with E-state index in [0.29, 0.717) is 6.61 Å². The fourth-order valence-corrected chi connectivity index (χ4v) is 0.971. The fraction of sp³-hybridized carbons (Fsp3) is 1.00. The summed E-state index contributed by atoms with van der Waals surface area (Å²) >= 11 is -2.09. The van der Waals surface area contributed by atoms with Gasteiger partial charge in [-0.1, -0.05) is 0 Å². The van der Waals surface area contributed by atoms with Gasteiger partial charge in [-0.25, -0.2) is 0 Å². The molecule has 0 rings (SSSR count). The number of nitrogens with one attached hydrogen (secondary N) is 1. The SMILES string of the molecule is CNCCCCCOS(=O)O. The summed E-state index contributed by atoms with van der Waals surface area (Å²) in [6.45, 7) is 1.36. The van der Waals surface area contributed by atoms with Crippen LogP contribution in [-0.4, -0.2) is 29.0 Å². The van der Waals surface area contributed by atoms with Gasteiger partial charge in [-0.2, -0.15) is 4.21 Å². The highest BCUT2D eigenvalue weighted by atomic mass is 32.2. The Labute approximate surface area is 69.8 Å². The van der Waals surface area contributed by atoms with Crippen LogP contribution in [0.15, 0.2) is 0 Å². The highest BCUT2D eigenvalue weighted by Gasteiger charge is 1.92. The second-order valence-corrected chi connectivity index (χ2v) is 2.87. The molecule has 0 saturated carbocycles. The normalized spacial score (nSPS) is 13.3. The number of hydrogen-bond donors (Lipinski definition) is 2. The third kappa shape index (κ3) is 10.0. The minimum Gasteiger partial charge on any atom is -0.320 e. The molecule has 0 aromatic carbocycles. The van der Waals surface area contributed by atoms with Crippen LogP contribution in [0.4, 0.5) is 0 Å². The van der Waals surface area contributed by atoms with Gasteiger partial charge in [0.1, 0.15) is 0 Å². The van der Waals surface area contributed by atoms with Crippen LogP contribution < -0.4 is 5.32 Å². The predicted octanol–water partition coefficient (Wildman–Crippen LogP) is 0.529. The molecule has 1 unspecified atom stereocenters. The first kappa shape index (κ1) is 11.0. The van der Waals surface area contributed by atoms with Gasteiger partial charge >= 0.3 is 11.4 Å². The third-order valence-electron chi connectivity index (χ3n) is 1.26. The average Bonchev–Trinajstić information content (AvgIpc) is 1.96. The number of unbranched alkanes of at least 4 members (excludes halogenated alkanes) is 2. The first-order valence-electron chi connectivity index (χ1n) is 3.66. The summed E-state index contributed by atoms with van der Waals surface area (Å²) in [7, 11) is 1.90. The lowest BCUT2D eigenvalue weighted by Crippen LogP contribution is -2.07. The van der Waals surface area contributed by atoms with E-state index in [-0.39, 0.29) is 0 Å². The minimum atomic E-state index is -2.09. The molecule has 0 spiro atoms. The Morgan fingerprint density at radius 3 is 2.73 bits per heavy atom. The molecule has 0 amide bonds. The Hall–Kier alpha value is 0.0300. The Morgan fingerprint density at radius 2 is 2.18 bits per heavy atom. The summed E-state index contributed by atoms with van der Waals surface area (Å²) < 4.78 is 22.6. The topological polar surface area (TPSA) is 58.6 Å².